The van der Waals surface area contributed by atoms with Crippen molar-refractivity contribution >= 4 is 0 Å². The molecule has 1 atom stereocenters. The van der Waals surface area contributed by atoms with Crippen molar-refractivity contribution in [3.63, 3.8) is 0 Å². The Morgan fingerprint density at radius 1 is 1.05 bits per heavy atom. The summed E-state index contributed by atoms with van der Waals surface area (Å²) in [6.45, 7) is 4.46. The van der Waals surface area contributed by atoms with Gasteiger partial charge in [0.2, 0.25) is 0 Å². The maximum absolute atomic E-state index is 10.4. The van der Waals surface area contributed by atoms with Gasteiger partial charge in [0.25, 0.3) is 0 Å². The lowest BCUT2D eigenvalue weighted by Crippen LogP contribution is -2.09. The van der Waals surface area contributed by atoms with Crippen LogP contribution >= 0.6 is 0 Å². The second kappa shape index (κ2) is 6.12. The summed E-state index contributed by atoms with van der Waals surface area (Å²) in [5, 5.41) is 14.9. The summed E-state index contributed by atoms with van der Waals surface area (Å²) in [6, 6.07) is 15.9. The van der Waals surface area contributed by atoms with Crippen molar-refractivity contribution in [1.82, 2.24) is 14.8 Å². The molecule has 0 aliphatic heterocycles. The molecular weight excluding hydrogens is 274 g/mol. The third-order valence-corrected chi connectivity index (χ3v) is 3.56. The average molecular weight is 293 g/mol. The largest absolute Gasteiger partial charge is 0.386 e. The topological polar surface area (TPSA) is 50.9 Å². The molecule has 0 bridgehead atoms. The molecule has 1 aromatic heterocycles. The molecule has 0 radical (unpaired) electrons. The molecule has 0 amide bonds. The zero-order chi connectivity index (χ0) is 15.5. The lowest BCUT2D eigenvalue weighted by atomic mass is 10.0. The molecule has 4 heteroatoms. The highest BCUT2D eigenvalue weighted by Gasteiger charge is 2.11. The van der Waals surface area contributed by atoms with E-state index in [2.05, 4.69) is 16.1 Å². The summed E-state index contributed by atoms with van der Waals surface area (Å²) < 4.78 is 1.69. The molecule has 0 aliphatic rings. The van der Waals surface area contributed by atoms with E-state index in [-0.39, 0.29) is 0 Å². The Balaban J connectivity index is 1.77. The molecule has 0 saturated carbocycles. The average Bonchev–Trinajstić information content (AvgIpc) is 2.95. The zero-order valence-electron chi connectivity index (χ0n) is 12.8. The van der Waals surface area contributed by atoms with Gasteiger partial charge in [-0.2, -0.15) is 5.10 Å². The third kappa shape index (κ3) is 3.23. The molecule has 3 rings (SSSR count). The van der Waals surface area contributed by atoms with Gasteiger partial charge in [-0.25, -0.2) is 9.67 Å². The van der Waals surface area contributed by atoms with Crippen LogP contribution in [0.25, 0.3) is 11.4 Å². The van der Waals surface area contributed by atoms with Crippen LogP contribution in [-0.2, 0) is 6.54 Å². The Bertz CT molecular complexity index is 745. The monoisotopic (exact) mass is 293 g/mol. The van der Waals surface area contributed by atoms with E-state index in [4.69, 9.17) is 0 Å². The van der Waals surface area contributed by atoms with Crippen LogP contribution in [-0.4, -0.2) is 19.9 Å². The van der Waals surface area contributed by atoms with Gasteiger partial charge in [0.1, 0.15) is 6.33 Å². The van der Waals surface area contributed by atoms with E-state index in [9.17, 15) is 5.11 Å². The van der Waals surface area contributed by atoms with E-state index in [1.165, 1.54) is 0 Å². The smallest absolute Gasteiger partial charge is 0.181 e. The van der Waals surface area contributed by atoms with E-state index < -0.39 is 6.10 Å². The summed E-state index contributed by atoms with van der Waals surface area (Å²) in [6.07, 6.45) is 1.07. The molecule has 0 fully saturated rings. The van der Waals surface area contributed by atoms with Gasteiger partial charge in [-0.15, -0.1) is 0 Å². The van der Waals surface area contributed by atoms with Gasteiger partial charge in [-0.05, 0) is 19.4 Å². The number of benzene rings is 2. The maximum atomic E-state index is 10.4. The molecule has 0 saturated heterocycles. The van der Waals surface area contributed by atoms with Crippen LogP contribution < -0.4 is 0 Å². The Labute approximate surface area is 130 Å². The second-order valence-corrected chi connectivity index (χ2v) is 5.59. The fourth-order valence-electron chi connectivity index (χ4n) is 2.59. The van der Waals surface area contributed by atoms with E-state index in [0.717, 1.165) is 22.3 Å². The molecule has 0 spiro atoms. The van der Waals surface area contributed by atoms with Crippen molar-refractivity contribution in [2.75, 3.05) is 0 Å². The molecule has 4 nitrogen and oxygen atoms in total. The predicted molar refractivity (Wildman–Crippen MR) is 86.3 cm³/mol. The van der Waals surface area contributed by atoms with Crippen LogP contribution in [0.3, 0.4) is 0 Å². The number of aliphatic hydroxyl groups is 1. The fourth-order valence-corrected chi connectivity index (χ4v) is 2.59. The Morgan fingerprint density at radius 2 is 1.73 bits per heavy atom. The van der Waals surface area contributed by atoms with Crippen molar-refractivity contribution in [2.45, 2.75) is 26.5 Å². The second-order valence-electron chi connectivity index (χ2n) is 5.59. The highest BCUT2D eigenvalue weighted by atomic mass is 16.3. The Hall–Kier alpha value is -2.46. The molecule has 2 aromatic carbocycles. The van der Waals surface area contributed by atoms with Crippen molar-refractivity contribution in [3.8, 4) is 11.4 Å². The number of hydrogen-bond acceptors (Lipinski definition) is 3. The van der Waals surface area contributed by atoms with Crippen LogP contribution in [0.4, 0.5) is 0 Å². The summed E-state index contributed by atoms with van der Waals surface area (Å²) in [7, 11) is 0. The van der Waals surface area contributed by atoms with E-state index in [0.29, 0.717) is 12.4 Å². The first-order chi connectivity index (χ1) is 10.6. The number of aromatic nitrogens is 3. The SMILES string of the molecule is Cc1cc(C)cc(C(O)Cn2cnc(-c3ccccc3)n2)c1. The number of aliphatic hydroxyl groups excluding tert-OH is 1. The normalized spacial score (nSPS) is 12.3. The number of aryl methyl sites for hydroxylation is 2. The van der Waals surface area contributed by atoms with Crippen LogP contribution in [0, 0.1) is 13.8 Å². The standard InChI is InChI=1S/C18H19N3O/c1-13-8-14(2)10-16(9-13)17(22)11-21-12-19-18(20-21)15-6-4-3-5-7-15/h3-10,12,17,22H,11H2,1-2H3. The third-order valence-electron chi connectivity index (χ3n) is 3.56. The van der Waals surface area contributed by atoms with Gasteiger partial charge in [0, 0.05) is 5.56 Å². The van der Waals surface area contributed by atoms with Crippen molar-refractivity contribution in [3.05, 3.63) is 71.5 Å². The molecule has 112 valence electrons. The molecule has 1 N–H and O–H groups in total. The Morgan fingerprint density at radius 3 is 2.41 bits per heavy atom. The number of hydrogen-bond donors (Lipinski definition) is 1. The molecule has 3 aromatic rings. The van der Waals surface area contributed by atoms with Gasteiger partial charge < -0.3 is 5.11 Å². The maximum Gasteiger partial charge on any atom is 0.181 e. The van der Waals surface area contributed by atoms with E-state index in [1.54, 1.807) is 11.0 Å². The van der Waals surface area contributed by atoms with Crippen molar-refractivity contribution in [2.24, 2.45) is 0 Å². The molecule has 1 unspecified atom stereocenters. The van der Waals surface area contributed by atoms with Gasteiger partial charge in [-0.1, -0.05) is 59.7 Å². The number of rotatable bonds is 4. The first-order valence-electron chi connectivity index (χ1n) is 7.33. The first-order valence-corrected chi connectivity index (χ1v) is 7.33. The minimum atomic E-state index is -0.594. The highest BCUT2D eigenvalue weighted by Crippen LogP contribution is 2.19. The first kappa shape index (κ1) is 14.5. The van der Waals surface area contributed by atoms with Crippen molar-refractivity contribution in [1.29, 1.82) is 0 Å². The van der Waals surface area contributed by atoms with Gasteiger partial charge in [0.05, 0.1) is 12.6 Å². The minimum absolute atomic E-state index is 0.392. The molecule has 1 heterocycles. The van der Waals surface area contributed by atoms with Crippen LogP contribution in [0.5, 0.6) is 0 Å². The molecular formula is C18H19N3O. The number of nitrogens with zero attached hydrogens (tertiary/aromatic N) is 3. The summed E-state index contributed by atoms with van der Waals surface area (Å²) in [5.74, 6) is 0.674. The van der Waals surface area contributed by atoms with E-state index >= 15 is 0 Å². The van der Waals surface area contributed by atoms with Crippen LogP contribution in [0.2, 0.25) is 0 Å². The lowest BCUT2D eigenvalue weighted by Gasteiger charge is -2.12. The summed E-state index contributed by atoms with van der Waals surface area (Å²) in [4.78, 5) is 4.31. The molecule has 0 aliphatic carbocycles. The predicted octanol–water partition coefficient (Wildman–Crippen LogP) is 3.30. The summed E-state index contributed by atoms with van der Waals surface area (Å²) in [5.41, 5.74) is 4.19. The Kier molecular flexibility index (Phi) is 4.02. The fraction of sp³-hybridized carbons (Fsp3) is 0.222. The highest BCUT2D eigenvalue weighted by molar-refractivity contribution is 5.53. The lowest BCUT2D eigenvalue weighted by molar-refractivity contribution is 0.151. The van der Waals surface area contributed by atoms with Crippen molar-refractivity contribution < 1.29 is 5.11 Å². The quantitative estimate of drug-likeness (QED) is 0.803. The summed E-state index contributed by atoms with van der Waals surface area (Å²) >= 11 is 0. The minimum Gasteiger partial charge on any atom is -0.386 e. The van der Waals surface area contributed by atoms with Gasteiger partial charge in [-0.3, -0.25) is 0 Å². The van der Waals surface area contributed by atoms with E-state index in [1.807, 2.05) is 56.3 Å². The molecule has 22 heavy (non-hydrogen) atoms. The van der Waals surface area contributed by atoms with Gasteiger partial charge in [0.15, 0.2) is 5.82 Å². The van der Waals surface area contributed by atoms with Gasteiger partial charge >= 0.3 is 0 Å². The zero-order valence-corrected chi connectivity index (χ0v) is 12.8. The van der Waals surface area contributed by atoms with Crippen LogP contribution in [0.1, 0.15) is 22.8 Å². The van der Waals surface area contributed by atoms with Crippen LogP contribution in [0.15, 0.2) is 54.9 Å².